The van der Waals surface area contributed by atoms with Crippen molar-refractivity contribution in [2.45, 2.75) is 18.9 Å². The molecule has 1 amide bonds. The van der Waals surface area contributed by atoms with E-state index in [1.807, 2.05) is 6.07 Å². The minimum atomic E-state index is -0.502. The molecule has 3 rings (SSSR count). The zero-order valence-electron chi connectivity index (χ0n) is 12.7. The fraction of sp³-hybridized carbons (Fsp3) is 0.176. The number of carbonyl (C=O) groups excluding carboxylic acids is 1. The number of hydrogen-bond donors (Lipinski definition) is 2. The molecule has 0 saturated heterocycles. The van der Waals surface area contributed by atoms with Crippen LogP contribution in [-0.4, -0.2) is 16.9 Å². The third kappa shape index (κ3) is 3.50. The number of anilines is 2. The SMILES string of the molecule is N#Cc1cccc(NC(=O)c2ccc(NC3CC3)c([N+](=O)[O-])c2)c1. The van der Waals surface area contributed by atoms with Gasteiger partial charge in [0.25, 0.3) is 11.6 Å². The Morgan fingerprint density at radius 1 is 1.25 bits per heavy atom. The standard InChI is InChI=1S/C17H14N4O3/c18-10-11-2-1-3-14(8-11)20-17(22)12-4-7-15(19-13-5-6-13)16(9-12)21(23)24/h1-4,7-9,13,19H,5-6H2,(H,20,22). The van der Waals surface area contributed by atoms with E-state index in [2.05, 4.69) is 10.6 Å². The number of nitro groups is 1. The molecule has 0 heterocycles. The topological polar surface area (TPSA) is 108 Å². The molecule has 0 atom stereocenters. The number of nitriles is 1. The Kier molecular flexibility index (Phi) is 4.12. The second-order valence-electron chi connectivity index (χ2n) is 5.55. The molecule has 1 aliphatic rings. The van der Waals surface area contributed by atoms with Crippen molar-refractivity contribution < 1.29 is 9.72 Å². The van der Waals surface area contributed by atoms with Gasteiger partial charge in [0.1, 0.15) is 5.69 Å². The molecular weight excluding hydrogens is 308 g/mol. The van der Waals surface area contributed by atoms with E-state index in [9.17, 15) is 14.9 Å². The van der Waals surface area contributed by atoms with Gasteiger partial charge < -0.3 is 10.6 Å². The van der Waals surface area contributed by atoms with Crippen LogP contribution in [0.2, 0.25) is 0 Å². The summed E-state index contributed by atoms with van der Waals surface area (Å²) in [5.74, 6) is -0.467. The van der Waals surface area contributed by atoms with E-state index in [0.29, 0.717) is 16.9 Å². The number of nitro benzene ring substituents is 1. The van der Waals surface area contributed by atoms with Crippen LogP contribution in [0.1, 0.15) is 28.8 Å². The molecular formula is C17H14N4O3. The maximum Gasteiger partial charge on any atom is 0.293 e. The van der Waals surface area contributed by atoms with Crippen molar-refractivity contribution >= 4 is 23.0 Å². The molecule has 1 saturated carbocycles. The molecule has 2 aromatic rings. The first kappa shape index (κ1) is 15.5. The third-order valence-electron chi connectivity index (χ3n) is 3.64. The number of carbonyl (C=O) groups is 1. The van der Waals surface area contributed by atoms with Gasteiger partial charge in [-0.3, -0.25) is 14.9 Å². The minimum absolute atomic E-state index is 0.125. The lowest BCUT2D eigenvalue weighted by Gasteiger charge is -2.09. The van der Waals surface area contributed by atoms with Crippen molar-refractivity contribution in [1.29, 1.82) is 5.26 Å². The van der Waals surface area contributed by atoms with Crippen LogP contribution in [0.3, 0.4) is 0 Å². The summed E-state index contributed by atoms with van der Waals surface area (Å²) in [6.07, 6.45) is 1.99. The summed E-state index contributed by atoms with van der Waals surface area (Å²) >= 11 is 0. The van der Waals surface area contributed by atoms with Gasteiger partial charge in [-0.2, -0.15) is 5.26 Å². The van der Waals surface area contributed by atoms with Gasteiger partial charge in [0.2, 0.25) is 0 Å². The Morgan fingerprint density at radius 2 is 2.04 bits per heavy atom. The minimum Gasteiger partial charge on any atom is -0.377 e. The number of benzene rings is 2. The summed E-state index contributed by atoms with van der Waals surface area (Å²) in [5, 5.41) is 25.8. The fourth-order valence-electron chi connectivity index (χ4n) is 2.26. The number of amides is 1. The Bertz CT molecular complexity index is 853. The molecule has 1 fully saturated rings. The summed E-state index contributed by atoms with van der Waals surface area (Å²) < 4.78 is 0. The lowest BCUT2D eigenvalue weighted by atomic mass is 10.1. The molecule has 120 valence electrons. The van der Waals surface area contributed by atoms with E-state index >= 15 is 0 Å². The van der Waals surface area contributed by atoms with Gasteiger partial charge in [-0.1, -0.05) is 6.07 Å². The Labute approximate surface area is 138 Å². The fourth-order valence-corrected chi connectivity index (χ4v) is 2.26. The average Bonchev–Trinajstić information content (AvgIpc) is 3.39. The smallest absolute Gasteiger partial charge is 0.293 e. The highest BCUT2D eigenvalue weighted by Gasteiger charge is 2.25. The molecule has 7 heteroatoms. The van der Waals surface area contributed by atoms with Gasteiger partial charge in [0.05, 0.1) is 16.6 Å². The van der Waals surface area contributed by atoms with Gasteiger partial charge in [-0.25, -0.2) is 0 Å². The molecule has 2 N–H and O–H groups in total. The van der Waals surface area contributed by atoms with Crippen molar-refractivity contribution in [2.75, 3.05) is 10.6 Å². The summed E-state index contributed by atoms with van der Waals surface area (Å²) in [6, 6.07) is 13.1. The zero-order chi connectivity index (χ0) is 17.1. The largest absolute Gasteiger partial charge is 0.377 e. The van der Waals surface area contributed by atoms with E-state index in [1.54, 1.807) is 30.3 Å². The van der Waals surface area contributed by atoms with Gasteiger partial charge in [0, 0.05) is 23.4 Å². The molecule has 0 bridgehead atoms. The normalized spacial score (nSPS) is 13.0. The second kappa shape index (κ2) is 6.38. The predicted molar refractivity (Wildman–Crippen MR) is 88.9 cm³/mol. The van der Waals surface area contributed by atoms with Gasteiger partial charge in [0.15, 0.2) is 0 Å². The van der Waals surface area contributed by atoms with E-state index in [1.165, 1.54) is 12.1 Å². The highest BCUT2D eigenvalue weighted by atomic mass is 16.6. The molecule has 0 aliphatic heterocycles. The molecule has 0 spiro atoms. The molecule has 0 radical (unpaired) electrons. The maximum atomic E-state index is 12.3. The first-order valence-corrected chi connectivity index (χ1v) is 7.43. The van der Waals surface area contributed by atoms with E-state index in [4.69, 9.17) is 5.26 Å². The molecule has 0 aromatic heterocycles. The van der Waals surface area contributed by atoms with Crippen molar-refractivity contribution in [2.24, 2.45) is 0 Å². The Hall–Kier alpha value is -3.40. The lowest BCUT2D eigenvalue weighted by Crippen LogP contribution is -2.13. The quantitative estimate of drug-likeness (QED) is 0.648. The number of rotatable bonds is 5. The summed E-state index contributed by atoms with van der Waals surface area (Å²) in [7, 11) is 0. The van der Waals surface area contributed by atoms with Crippen LogP contribution in [0.25, 0.3) is 0 Å². The summed E-state index contributed by atoms with van der Waals surface area (Å²) in [6.45, 7) is 0. The molecule has 7 nitrogen and oxygen atoms in total. The van der Waals surface area contributed by atoms with Crippen LogP contribution < -0.4 is 10.6 Å². The number of hydrogen-bond acceptors (Lipinski definition) is 5. The van der Waals surface area contributed by atoms with Crippen LogP contribution in [0.15, 0.2) is 42.5 Å². The molecule has 2 aromatic carbocycles. The molecule has 1 aliphatic carbocycles. The highest BCUT2D eigenvalue weighted by molar-refractivity contribution is 6.05. The van der Waals surface area contributed by atoms with Crippen molar-refractivity contribution in [3.8, 4) is 6.07 Å². The third-order valence-corrected chi connectivity index (χ3v) is 3.64. The zero-order valence-corrected chi connectivity index (χ0v) is 12.7. The number of nitrogens with one attached hydrogen (secondary N) is 2. The maximum absolute atomic E-state index is 12.3. The van der Waals surface area contributed by atoms with Crippen LogP contribution >= 0.6 is 0 Å². The van der Waals surface area contributed by atoms with Crippen molar-refractivity contribution in [1.82, 2.24) is 0 Å². The number of nitrogens with zero attached hydrogens (tertiary/aromatic N) is 2. The van der Waals surface area contributed by atoms with Crippen LogP contribution in [0.5, 0.6) is 0 Å². The monoisotopic (exact) mass is 322 g/mol. The summed E-state index contributed by atoms with van der Waals surface area (Å²) in [4.78, 5) is 23.0. The first-order chi connectivity index (χ1) is 11.6. The predicted octanol–water partition coefficient (Wildman–Crippen LogP) is 3.29. The van der Waals surface area contributed by atoms with Crippen molar-refractivity contribution in [3.05, 3.63) is 63.7 Å². The van der Waals surface area contributed by atoms with Gasteiger partial charge >= 0.3 is 0 Å². The lowest BCUT2D eigenvalue weighted by molar-refractivity contribution is -0.384. The van der Waals surface area contributed by atoms with E-state index in [0.717, 1.165) is 12.8 Å². The molecule has 24 heavy (non-hydrogen) atoms. The highest BCUT2D eigenvalue weighted by Crippen LogP contribution is 2.31. The average molecular weight is 322 g/mol. The van der Waals surface area contributed by atoms with E-state index < -0.39 is 10.8 Å². The Balaban J connectivity index is 1.82. The summed E-state index contributed by atoms with van der Waals surface area (Å²) in [5.41, 5.74) is 1.36. The van der Waals surface area contributed by atoms with Crippen LogP contribution in [0, 0.1) is 21.4 Å². The molecule has 0 unspecified atom stereocenters. The van der Waals surface area contributed by atoms with E-state index in [-0.39, 0.29) is 17.3 Å². The van der Waals surface area contributed by atoms with Crippen LogP contribution in [0.4, 0.5) is 17.1 Å². The Morgan fingerprint density at radius 3 is 2.71 bits per heavy atom. The first-order valence-electron chi connectivity index (χ1n) is 7.43. The van der Waals surface area contributed by atoms with Gasteiger partial charge in [-0.05, 0) is 43.2 Å². The van der Waals surface area contributed by atoms with Crippen molar-refractivity contribution in [3.63, 3.8) is 0 Å². The van der Waals surface area contributed by atoms with Crippen LogP contribution in [-0.2, 0) is 0 Å². The van der Waals surface area contributed by atoms with Gasteiger partial charge in [-0.15, -0.1) is 0 Å². The second-order valence-corrected chi connectivity index (χ2v) is 5.55.